The first-order chi connectivity index (χ1) is 15.5. The number of nitrogens with zero attached hydrogens (tertiary/aromatic N) is 5. The molecule has 0 aliphatic heterocycles. The number of aromatic nitrogens is 4. The quantitative estimate of drug-likeness (QED) is 0.525. The van der Waals surface area contributed by atoms with Gasteiger partial charge in [-0.2, -0.15) is 4.80 Å². The average Bonchev–Trinajstić information content (AvgIpc) is 3.45. The first kappa shape index (κ1) is 24.2. The average molecular weight is 457 g/mol. The second-order valence-electron chi connectivity index (χ2n) is 9.54. The molecule has 1 atom stereocenters. The summed E-state index contributed by atoms with van der Waals surface area (Å²) in [7, 11) is 0. The third kappa shape index (κ3) is 6.77. The van der Waals surface area contributed by atoms with Crippen molar-refractivity contribution >= 4 is 11.8 Å². The number of hydrogen-bond donors (Lipinski definition) is 1. The minimum absolute atomic E-state index is 0.152. The molecule has 3 rings (SSSR count). The summed E-state index contributed by atoms with van der Waals surface area (Å²) in [5, 5.41) is 15.2. The molecule has 3 aromatic heterocycles. The molecule has 0 aromatic carbocycles. The predicted molar refractivity (Wildman–Crippen MR) is 121 cm³/mol. The number of carbonyl (C=O) groups is 2. The number of aryl methyl sites for hydroxylation is 1. The second-order valence-corrected chi connectivity index (χ2v) is 9.54. The molecule has 0 saturated carbocycles. The fourth-order valence-electron chi connectivity index (χ4n) is 3.39. The molecule has 2 amide bonds. The van der Waals surface area contributed by atoms with Gasteiger partial charge in [-0.3, -0.25) is 9.59 Å². The van der Waals surface area contributed by atoms with E-state index in [4.69, 9.17) is 8.83 Å². The standard InChI is InChI=1S/C23H32N6O4/c1-15(2)12-18(22(31)24-23(4,5)6)28(13-17-8-7-11-32-17)20(30)14-29-26-21(25-27-29)19-10-9-16(3)33-19/h7-11,15,18H,12-14H2,1-6H3,(H,24,31)/t18-/m1/s1. The third-order valence-corrected chi connectivity index (χ3v) is 4.79. The zero-order chi connectivity index (χ0) is 24.2. The number of nitrogens with one attached hydrogen (secondary N) is 1. The lowest BCUT2D eigenvalue weighted by Crippen LogP contribution is -2.54. The van der Waals surface area contributed by atoms with Crippen molar-refractivity contribution in [2.75, 3.05) is 0 Å². The van der Waals surface area contributed by atoms with Crippen LogP contribution in [0.1, 0.15) is 52.6 Å². The van der Waals surface area contributed by atoms with E-state index in [1.54, 1.807) is 30.5 Å². The minimum atomic E-state index is -0.683. The van der Waals surface area contributed by atoms with Crippen molar-refractivity contribution in [2.45, 2.75) is 72.6 Å². The minimum Gasteiger partial charge on any atom is -0.467 e. The normalized spacial score (nSPS) is 12.7. The van der Waals surface area contributed by atoms with Crippen molar-refractivity contribution in [3.63, 3.8) is 0 Å². The summed E-state index contributed by atoms with van der Waals surface area (Å²) in [5.74, 6) is 1.72. The molecule has 0 aliphatic rings. The highest BCUT2D eigenvalue weighted by atomic mass is 16.3. The maximum absolute atomic E-state index is 13.4. The van der Waals surface area contributed by atoms with Gasteiger partial charge in [0.25, 0.3) is 0 Å². The van der Waals surface area contributed by atoms with Crippen molar-refractivity contribution in [1.82, 2.24) is 30.4 Å². The molecule has 0 spiro atoms. The van der Waals surface area contributed by atoms with Crippen LogP contribution < -0.4 is 5.32 Å². The van der Waals surface area contributed by atoms with Crippen molar-refractivity contribution in [3.05, 3.63) is 42.0 Å². The Kier molecular flexibility index (Phi) is 7.35. The Morgan fingerprint density at radius 3 is 2.55 bits per heavy atom. The van der Waals surface area contributed by atoms with Gasteiger partial charge in [0.15, 0.2) is 5.76 Å². The van der Waals surface area contributed by atoms with Crippen LogP contribution in [0.5, 0.6) is 0 Å². The van der Waals surface area contributed by atoms with Gasteiger partial charge in [-0.25, -0.2) is 0 Å². The van der Waals surface area contributed by atoms with Crippen LogP contribution in [0, 0.1) is 12.8 Å². The monoisotopic (exact) mass is 456 g/mol. The van der Waals surface area contributed by atoms with Gasteiger partial charge in [-0.15, -0.1) is 10.2 Å². The van der Waals surface area contributed by atoms with Crippen molar-refractivity contribution in [2.24, 2.45) is 5.92 Å². The zero-order valence-corrected chi connectivity index (χ0v) is 20.0. The summed E-state index contributed by atoms with van der Waals surface area (Å²) in [6.07, 6.45) is 2.04. The van der Waals surface area contributed by atoms with Gasteiger partial charge in [0.05, 0.1) is 12.8 Å². The highest BCUT2D eigenvalue weighted by Gasteiger charge is 2.33. The molecule has 0 saturated heterocycles. The fraction of sp³-hybridized carbons (Fsp3) is 0.522. The molecule has 0 aliphatic carbocycles. The number of rotatable bonds is 9. The molecule has 3 aromatic rings. The number of furan rings is 2. The predicted octanol–water partition coefficient (Wildman–Crippen LogP) is 3.19. The Morgan fingerprint density at radius 2 is 1.97 bits per heavy atom. The van der Waals surface area contributed by atoms with Crippen LogP contribution in [-0.4, -0.2) is 48.5 Å². The van der Waals surface area contributed by atoms with Crippen LogP contribution in [0.25, 0.3) is 11.6 Å². The van der Waals surface area contributed by atoms with Crippen molar-refractivity contribution in [1.29, 1.82) is 0 Å². The molecule has 0 radical (unpaired) electrons. The second kappa shape index (κ2) is 10.0. The van der Waals surface area contributed by atoms with Crippen LogP contribution in [0.15, 0.2) is 39.4 Å². The first-order valence-corrected chi connectivity index (χ1v) is 11.0. The fourth-order valence-corrected chi connectivity index (χ4v) is 3.39. The first-order valence-electron chi connectivity index (χ1n) is 11.0. The van der Waals surface area contributed by atoms with E-state index in [9.17, 15) is 9.59 Å². The lowest BCUT2D eigenvalue weighted by Gasteiger charge is -2.33. The molecule has 10 nitrogen and oxygen atoms in total. The van der Waals surface area contributed by atoms with Crippen LogP contribution in [-0.2, 0) is 22.7 Å². The van der Waals surface area contributed by atoms with E-state index in [2.05, 4.69) is 20.7 Å². The van der Waals surface area contributed by atoms with Crippen LogP contribution in [0.4, 0.5) is 0 Å². The van der Waals surface area contributed by atoms with E-state index in [-0.39, 0.29) is 36.6 Å². The Hall–Kier alpha value is -3.43. The molecule has 0 fully saturated rings. The summed E-state index contributed by atoms with van der Waals surface area (Å²) in [6, 6.07) is 6.40. The summed E-state index contributed by atoms with van der Waals surface area (Å²) in [5.41, 5.74) is -0.435. The summed E-state index contributed by atoms with van der Waals surface area (Å²) in [4.78, 5) is 29.4. The van der Waals surface area contributed by atoms with Crippen molar-refractivity contribution < 1.29 is 18.4 Å². The van der Waals surface area contributed by atoms with E-state index >= 15 is 0 Å². The molecule has 10 heteroatoms. The van der Waals surface area contributed by atoms with Crippen LogP contribution in [0.2, 0.25) is 0 Å². The molecule has 33 heavy (non-hydrogen) atoms. The van der Waals surface area contributed by atoms with Gasteiger partial charge in [-0.05, 0) is 69.5 Å². The topological polar surface area (TPSA) is 119 Å². The van der Waals surface area contributed by atoms with Gasteiger partial charge in [-0.1, -0.05) is 13.8 Å². The number of tetrazole rings is 1. The molecule has 178 valence electrons. The Morgan fingerprint density at radius 1 is 1.21 bits per heavy atom. The molecular formula is C23H32N6O4. The number of amides is 2. The van der Waals surface area contributed by atoms with Gasteiger partial charge in [0.2, 0.25) is 17.6 Å². The SMILES string of the molecule is Cc1ccc(-c2nnn(CC(=O)N(Cc3ccco3)[C@H](CC(C)C)C(=O)NC(C)(C)C)n2)o1. The lowest BCUT2D eigenvalue weighted by atomic mass is 9.99. The smallest absolute Gasteiger partial charge is 0.247 e. The van der Waals surface area contributed by atoms with Gasteiger partial charge in [0.1, 0.15) is 24.1 Å². The number of carbonyl (C=O) groups excluding carboxylic acids is 2. The largest absolute Gasteiger partial charge is 0.467 e. The van der Waals surface area contributed by atoms with E-state index in [0.717, 1.165) is 5.76 Å². The highest BCUT2D eigenvalue weighted by molar-refractivity contribution is 5.88. The van der Waals surface area contributed by atoms with Gasteiger partial charge < -0.3 is 19.1 Å². The molecule has 0 unspecified atom stereocenters. The zero-order valence-electron chi connectivity index (χ0n) is 20.0. The Balaban J connectivity index is 1.85. The Bertz CT molecular complexity index is 1060. The molecule has 3 heterocycles. The van der Waals surface area contributed by atoms with E-state index in [1.807, 2.05) is 41.5 Å². The van der Waals surface area contributed by atoms with E-state index in [1.165, 1.54) is 9.70 Å². The highest BCUT2D eigenvalue weighted by Crippen LogP contribution is 2.19. The van der Waals surface area contributed by atoms with Crippen LogP contribution in [0.3, 0.4) is 0 Å². The molecule has 1 N–H and O–H groups in total. The molecular weight excluding hydrogens is 424 g/mol. The number of hydrogen-bond acceptors (Lipinski definition) is 7. The Labute approximate surface area is 193 Å². The summed E-state index contributed by atoms with van der Waals surface area (Å²) < 4.78 is 11.0. The van der Waals surface area contributed by atoms with Gasteiger partial charge in [0, 0.05) is 5.54 Å². The maximum Gasteiger partial charge on any atom is 0.247 e. The summed E-state index contributed by atoms with van der Waals surface area (Å²) >= 11 is 0. The van der Waals surface area contributed by atoms with E-state index in [0.29, 0.717) is 17.9 Å². The maximum atomic E-state index is 13.4. The summed E-state index contributed by atoms with van der Waals surface area (Å²) in [6.45, 7) is 11.6. The third-order valence-electron chi connectivity index (χ3n) is 4.79. The molecule has 0 bridgehead atoms. The lowest BCUT2D eigenvalue weighted by molar-refractivity contribution is -0.143. The van der Waals surface area contributed by atoms with E-state index < -0.39 is 11.6 Å². The van der Waals surface area contributed by atoms with Gasteiger partial charge >= 0.3 is 0 Å². The van der Waals surface area contributed by atoms with Crippen molar-refractivity contribution in [3.8, 4) is 11.6 Å². The van der Waals surface area contributed by atoms with Crippen LogP contribution >= 0.6 is 0 Å².